The third-order valence-corrected chi connectivity index (χ3v) is 8.91. The number of ether oxygens (including phenoxy) is 1. The van der Waals surface area contributed by atoms with Gasteiger partial charge >= 0.3 is 0 Å². The van der Waals surface area contributed by atoms with E-state index in [2.05, 4.69) is 80.8 Å². The number of rotatable bonds is 4. The molecule has 0 atom stereocenters. The summed E-state index contributed by atoms with van der Waals surface area (Å²) < 4.78 is 5.57. The highest BCUT2D eigenvalue weighted by Crippen LogP contribution is 2.38. The highest BCUT2D eigenvalue weighted by molar-refractivity contribution is 5.68. The maximum Gasteiger partial charge on any atom is 0.162 e. The zero-order valence-corrected chi connectivity index (χ0v) is 23.1. The second-order valence-corrected chi connectivity index (χ2v) is 12.0. The number of aromatic nitrogens is 2. The molecule has 0 amide bonds. The van der Waals surface area contributed by atoms with Crippen LogP contribution in [0.25, 0.3) is 11.4 Å². The monoisotopic (exact) mass is 496 g/mol. The van der Waals surface area contributed by atoms with Crippen molar-refractivity contribution in [1.82, 2.24) is 9.97 Å². The lowest BCUT2D eigenvalue weighted by atomic mass is 9.80. The van der Waals surface area contributed by atoms with Gasteiger partial charge < -0.3 is 14.5 Å². The van der Waals surface area contributed by atoms with Crippen LogP contribution in [-0.4, -0.2) is 42.8 Å². The summed E-state index contributed by atoms with van der Waals surface area (Å²) in [6.45, 7) is 16.9. The van der Waals surface area contributed by atoms with Gasteiger partial charge in [-0.2, -0.15) is 0 Å². The maximum atomic E-state index is 5.57. The van der Waals surface area contributed by atoms with Crippen molar-refractivity contribution in [3.05, 3.63) is 69.9 Å². The van der Waals surface area contributed by atoms with E-state index in [9.17, 15) is 0 Å². The number of hydrogen-bond acceptors (Lipinski definition) is 5. The Morgan fingerprint density at radius 2 is 1.62 bits per heavy atom. The SMILES string of the molecule is Cc1ccc(C2(C)COC2)cc1N1CCc2nc(-c3c(C)cccc3C)nc(N3CCC(C)CC3)c2C1. The lowest BCUT2D eigenvalue weighted by Crippen LogP contribution is -2.44. The van der Waals surface area contributed by atoms with Crippen LogP contribution in [0, 0.1) is 26.7 Å². The molecule has 4 heterocycles. The van der Waals surface area contributed by atoms with Gasteiger partial charge in [0, 0.05) is 54.8 Å². The molecular weight excluding hydrogens is 456 g/mol. The Morgan fingerprint density at radius 1 is 0.892 bits per heavy atom. The van der Waals surface area contributed by atoms with Gasteiger partial charge in [-0.05, 0) is 67.9 Å². The van der Waals surface area contributed by atoms with Crippen LogP contribution in [0.1, 0.15) is 60.2 Å². The van der Waals surface area contributed by atoms with E-state index in [-0.39, 0.29) is 5.41 Å². The van der Waals surface area contributed by atoms with Crippen molar-refractivity contribution in [1.29, 1.82) is 0 Å². The number of benzene rings is 2. The van der Waals surface area contributed by atoms with Gasteiger partial charge in [0.15, 0.2) is 5.82 Å². The summed E-state index contributed by atoms with van der Waals surface area (Å²) in [6.07, 6.45) is 3.39. The Bertz CT molecular complexity index is 1300. The Hall–Kier alpha value is -2.92. The van der Waals surface area contributed by atoms with Crippen molar-refractivity contribution in [3.63, 3.8) is 0 Å². The zero-order chi connectivity index (χ0) is 25.7. The van der Waals surface area contributed by atoms with Gasteiger partial charge in [0.25, 0.3) is 0 Å². The Kier molecular flexibility index (Phi) is 6.22. The minimum atomic E-state index is 0.134. The molecule has 0 spiro atoms. The lowest BCUT2D eigenvalue weighted by Gasteiger charge is -2.40. The smallest absolute Gasteiger partial charge is 0.162 e. The molecule has 2 saturated heterocycles. The molecule has 0 aliphatic carbocycles. The highest BCUT2D eigenvalue weighted by atomic mass is 16.5. The summed E-state index contributed by atoms with van der Waals surface area (Å²) in [7, 11) is 0. The molecule has 1 aromatic heterocycles. The van der Waals surface area contributed by atoms with Gasteiger partial charge in [-0.3, -0.25) is 0 Å². The molecule has 0 unspecified atom stereocenters. The first-order valence-electron chi connectivity index (χ1n) is 14.0. The minimum Gasteiger partial charge on any atom is -0.379 e. The molecule has 5 nitrogen and oxygen atoms in total. The Morgan fingerprint density at radius 3 is 2.30 bits per heavy atom. The Labute approximate surface area is 221 Å². The van der Waals surface area contributed by atoms with Crippen LogP contribution in [0.15, 0.2) is 36.4 Å². The van der Waals surface area contributed by atoms with Crippen LogP contribution >= 0.6 is 0 Å². The normalized spacial score (nSPS) is 19.5. The van der Waals surface area contributed by atoms with Gasteiger partial charge in [0.05, 0.1) is 18.9 Å². The van der Waals surface area contributed by atoms with Crippen molar-refractivity contribution in [2.24, 2.45) is 5.92 Å². The Balaban J connectivity index is 1.41. The number of piperidine rings is 1. The average molecular weight is 497 g/mol. The van der Waals surface area contributed by atoms with Crippen LogP contribution in [0.4, 0.5) is 11.5 Å². The molecule has 5 heteroatoms. The molecule has 6 rings (SSSR count). The number of hydrogen-bond donors (Lipinski definition) is 0. The topological polar surface area (TPSA) is 41.5 Å². The molecule has 2 fully saturated rings. The van der Waals surface area contributed by atoms with E-state index < -0.39 is 0 Å². The van der Waals surface area contributed by atoms with Crippen molar-refractivity contribution >= 4 is 11.5 Å². The summed E-state index contributed by atoms with van der Waals surface area (Å²) in [5.74, 6) is 2.84. The van der Waals surface area contributed by atoms with Crippen LogP contribution in [0.3, 0.4) is 0 Å². The second-order valence-electron chi connectivity index (χ2n) is 12.0. The molecule has 0 N–H and O–H groups in total. The standard InChI is InChI=1S/C32H40N4O/c1-21-11-14-35(15-12-21)31-26-18-36(28-17-25(10-9-22(28)2)32(5)19-37-20-32)16-13-27(26)33-30(34-31)29-23(3)7-6-8-24(29)4/h6-10,17,21H,11-16,18-20H2,1-5H3. The molecule has 3 aliphatic rings. The van der Waals surface area contributed by atoms with Gasteiger partial charge in [0.1, 0.15) is 5.82 Å². The van der Waals surface area contributed by atoms with Gasteiger partial charge in [-0.15, -0.1) is 0 Å². The molecule has 0 saturated carbocycles. The van der Waals surface area contributed by atoms with Crippen LogP contribution in [0.5, 0.6) is 0 Å². The predicted octanol–water partition coefficient (Wildman–Crippen LogP) is 6.16. The van der Waals surface area contributed by atoms with E-state index in [0.717, 1.165) is 63.4 Å². The number of fused-ring (bicyclic) bond motifs is 1. The average Bonchev–Trinajstić information content (AvgIpc) is 2.87. The van der Waals surface area contributed by atoms with Crippen LogP contribution in [-0.2, 0) is 23.1 Å². The van der Waals surface area contributed by atoms with Crippen molar-refractivity contribution in [2.45, 2.75) is 65.8 Å². The van der Waals surface area contributed by atoms with Crippen LogP contribution in [0.2, 0.25) is 0 Å². The molecular formula is C32H40N4O. The maximum absolute atomic E-state index is 5.57. The third-order valence-electron chi connectivity index (χ3n) is 8.91. The molecule has 0 radical (unpaired) electrons. The fourth-order valence-electron chi connectivity index (χ4n) is 6.26. The van der Waals surface area contributed by atoms with Crippen molar-refractivity contribution < 1.29 is 4.74 Å². The van der Waals surface area contributed by atoms with Gasteiger partial charge in [0.2, 0.25) is 0 Å². The third kappa shape index (κ3) is 4.41. The van der Waals surface area contributed by atoms with Gasteiger partial charge in [-0.25, -0.2) is 9.97 Å². The zero-order valence-electron chi connectivity index (χ0n) is 23.1. The second kappa shape index (κ2) is 9.43. The van der Waals surface area contributed by atoms with E-state index in [0.29, 0.717) is 0 Å². The quantitative estimate of drug-likeness (QED) is 0.433. The highest BCUT2D eigenvalue weighted by Gasteiger charge is 2.36. The fraction of sp³-hybridized carbons (Fsp3) is 0.500. The van der Waals surface area contributed by atoms with Crippen molar-refractivity contribution in [3.8, 4) is 11.4 Å². The first kappa shape index (κ1) is 24.4. The van der Waals surface area contributed by atoms with E-state index >= 15 is 0 Å². The number of aryl methyl sites for hydroxylation is 3. The first-order chi connectivity index (χ1) is 17.8. The van der Waals surface area contributed by atoms with E-state index in [4.69, 9.17) is 14.7 Å². The lowest BCUT2D eigenvalue weighted by molar-refractivity contribution is -0.0499. The molecule has 37 heavy (non-hydrogen) atoms. The number of nitrogens with zero attached hydrogens (tertiary/aromatic N) is 4. The minimum absolute atomic E-state index is 0.134. The number of anilines is 2. The summed E-state index contributed by atoms with van der Waals surface area (Å²) in [5, 5.41) is 0. The molecule has 194 valence electrons. The van der Waals surface area contributed by atoms with E-state index in [1.54, 1.807) is 0 Å². The molecule has 0 bridgehead atoms. The molecule has 3 aliphatic heterocycles. The van der Waals surface area contributed by atoms with E-state index in [1.807, 2.05) is 0 Å². The first-order valence-corrected chi connectivity index (χ1v) is 14.0. The van der Waals surface area contributed by atoms with Gasteiger partial charge in [-0.1, -0.05) is 44.2 Å². The van der Waals surface area contributed by atoms with Crippen molar-refractivity contribution in [2.75, 3.05) is 42.6 Å². The van der Waals surface area contributed by atoms with Crippen LogP contribution < -0.4 is 9.80 Å². The summed E-state index contributed by atoms with van der Waals surface area (Å²) in [6, 6.07) is 13.5. The summed E-state index contributed by atoms with van der Waals surface area (Å²) in [4.78, 5) is 15.6. The summed E-state index contributed by atoms with van der Waals surface area (Å²) >= 11 is 0. The largest absolute Gasteiger partial charge is 0.379 e. The summed E-state index contributed by atoms with van der Waals surface area (Å²) in [5.41, 5.74) is 10.4. The molecule has 2 aromatic carbocycles. The predicted molar refractivity (Wildman–Crippen MR) is 152 cm³/mol. The fourth-order valence-corrected chi connectivity index (χ4v) is 6.26. The molecule has 3 aromatic rings. The van der Waals surface area contributed by atoms with E-state index in [1.165, 1.54) is 57.6 Å².